The third-order valence-electron chi connectivity index (χ3n) is 3.89. The molecule has 1 aliphatic heterocycles. The second-order valence-corrected chi connectivity index (χ2v) is 5.12. The molecule has 112 valence electrons. The maximum atomic E-state index is 12.4. The fourth-order valence-electron chi connectivity index (χ4n) is 2.91. The number of ether oxygens (including phenoxy) is 1. The van der Waals surface area contributed by atoms with Crippen molar-refractivity contribution in [3.05, 3.63) is 71.8 Å². The van der Waals surface area contributed by atoms with Gasteiger partial charge in [-0.1, -0.05) is 60.7 Å². The van der Waals surface area contributed by atoms with Crippen molar-refractivity contribution in [1.29, 1.82) is 0 Å². The molecular weight excluding hydrogens is 276 g/mol. The zero-order valence-electron chi connectivity index (χ0n) is 12.4. The highest BCUT2D eigenvalue weighted by Gasteiger charge is 2.49. The molecule has 0 saturated heterocycles. The fourth-order valence-corrected chi connectivity index (χ4v) is 2.91. The van der Waals surface area contributed by atoms with Crippen LogP contribution in [0.15, 0.2) is 65.7 Å². The Kier molecular flexibility index (Phi) is 3.92. The van der Waals surface area contributed by atoms with Gasteiger partial charge in [-0.2, -0.15) is 0 Å². The van der Waals surface area contributed by atoms with Crippen LogP contribution in [0.1, 0.15) is 18.1 Å². The molecule has 1 atom stereocenters. The number of benzene rings is 2. The number of carbonyl (C=O) groups excluding carboxylic acids is 1. The average molecular weight is 294 g/mol. The van der Waals surface area contributed by atoms with E-state index in [0.717, 1.165) is 11.1 Å². The summed E-state index contributed by atoms with van der Waals surface area (Å²) in [7, 11) is 0. The smallest absolute Gasteiger partial charge is 0.334 e. The van der Waals surface area contributed by atoms with Crippen molar-refractivity contribution in [2.75, 3.05) is 6.61 Å². The van der Waals surface area contributed by atoms with E-state index < -0.39 is 11.6 Å². The molecular formula is C18H18N2O2. The summed E-state index contributed by atoms with van der Waals surface area (Å²) in [5.41, 5.74) is 1.24. The zero-order valence-corrected chi connectivity index (χ0v) is 12.4. The van der Waals surface area contributed by atoms with Crippen LogP contribution < -0.4 is 5.32 Å². The van der Waals surface area contributed by atoms with Crippen LogP contribution in [0.2, 0.25) is 0 Å². The van der Waals surface area contributed by atoms with Gasteiger partial charge in [-0.05, 0) is 18.1 Å². The van der Waals surface area contributed by atoms with Gasteiger partial charge in [0.2, 0.25) is 0 Å². The summed E-state index contributed by atoms with van der Waals surface area (Å²) < 4.78 is 5.23. The molecule has 4 nitrogen and oxygen atoms in total. The minimum Gasteiger partial charge on any atom is -0.464 e. The molecule has 0 aromatic heterocycles. The number of rotatable bonds is 4. The van der Waals surface area contributed by atoms with Gasteiger partial charge in [-0.3, -0.25) is 4.99 Å². The van der Waals surface area contributed by atoms with Crippen LogP contribution in [0, 0.1) is 0 Å². The largest absolute Gasteiger partial charge is 0.464 e. The Labute approximate surface area is 129 Å². The monoisotopic (exact) mass is 294 g/mol. The van der Waals surface area contributed by atoms with Gasteiger partial charge in [0.15, 0.2) is 6.04 Å². The first-order valence-corrected chi connectivity index (χ1v) is 7.36. The minimum absolute atomic E-state index is 0.323. The van der Waals surface area contributed by atoms with E-state index in [1.807, 2.05) is 60.7 Å². The molecule has 0 amide bonds. The summed E-state index contributed by atoms with van der Waals surface area (Å²) in [5, 5.41) is 3.30. The third kappa shape index (κ3) is 2.26. The molecule has 1 unspecified atom stereocenters. The van der Waals surface area contributed by atoms with Gasteiger partial charge in [0, 0.05) is 0 Å². The number of esters is 1. The lowest BCUT2D eigenvalue weighted by Gasteiger charge is -2.34. The molecule has 0 spiro atoms. The molecule has 1 aliphatic rings. The van der Waals surface area contributed by atoms with Crippen molar-refractivity contribution in [2.24, 2.45) is 4.99 Å². The topological polar surface area (TPSA) is 50.7 Å². The molecule has 0 aliphatic carbocycles. The average Bonchev–Trinajstić information content (AvgIpc) is 3.03. The molecule has 2 aromatic carbocycles. The SMILES string of the molecule is CCOC(=O)C1N=CNC1(c1ccccc1)c1ccccc1. The lowest BCUT2D eigenvalue weighted by atomic mass is 9.77. The van der Waals surface area contributed by atoms with Crippen LogP contribution in [0.4, 0.5) is 0 Å². The Hall–Kier alpha value is -2.62. The molecule has 0 bridgehead atoms. The Balaban J connectivity index is 2.14. The van der Waals surface area contributed by atoms with E-state index in [9.17, 15) is 4.79 Å². The van der Waals surface area contributed by atoms with Crippen molar-refractivity contribution < 1.29 is 9.53 Å². The molecule has 0 fully saturated rings. The molecule has 4 heteroatoms. The van der Waals surface area contributed by atoms with Crippen LogP contribution in [0.25, 0.3) is 0 Å². The molecule has 2 aromatic rings. The standard InChI is InChI=1S/C18H18N2O2/c1-2-22-17(21)16-18(20-13-19-16,14-9-5-3-6-10-14)15-11-7-4-8-12-15/h3-13,16H,2H2,1H3,(H,19,20). The second kappa shape index (κ2) is 6.02. The second-order valence-electron chi connectivity index (χ2n) is 5.12. The van der Waals surface area contributed by atoms with Crippen LogP contribution in [-0.2, 0) is 15.1 Å². The lowest BCUT2D eigenvalue weighted by molar-refractivity contribution is -0.145. The first-order chi connectivity index (χ1) is 10.8. The van der Waals surface area contributed by atoms with Crippen molar-refractivity contribution in [3.63, 3.8) is 0 Å². The van der Waals surface area contributed by atoms with Gasteiger partial charge in [0.25, 0.3) is 0 Å². The molecule has 1 heterocycles. The summed E-state index contributed by atoms with van der Waals surface area (Å²) in [6.07, 6.45) is 1.60. The number of hydrogen-bond acceptors (Lipinski definition) is 4. The first-order valence-electron chi connectivity index (χ1n) is 7.36. The maximum Gasteiger partial charge on any atom is 0.334 e. The van der Waals surface area contributed by atoms with Gasteiger partial charge >= 0.3 is 5.97 Å². The molecule has 1 N–H and O–H groups in total. The lowest BCUT2D eigenvalue weighted by Crippen LogP contribution is -2.50. The van der Waals surface area contributed by atoms with E-state index in [1.165, 1.54) is 0 Å². The van der Waals surface area contributed by atoms with E-state index in [2.05, 4.69) is 10.3 Å². The van der Waals surface area contributed by atoms with Crippen LogP contribution in [0.3, 0.4) is 0 Å². The summed E-state index contributed by atoms with van der Waals surface area (Å²) in [4.78, 5) is 16.8. The molecule has 22 heavy (non-hydrogen) atoms. The summed E-state index contributed by atoms with van der Waals surface area (Å²) in [6, 6.07) is 19.1. The van der Waals surface area contributed by atoms with Crippen molar-refractivity contribution in [2.45, 2.75) is 18.5 Å². The van der Waals surface area contributed by atoms with Crippen molar-refractivity contribution in [1.82, 2.24) is 5.32 Å². The minimum atomic E-state index is -0.727. The fraction of sp³-hybridized carbons (Fsp3) is 0.222. The van der Waals surface area contributed by atoms with Gasteiger partial charge in [0.1, 0.15) is 5.54 Å². The zero-order chi connectivity index (χ0) is 15.4. The van der Waals surface area contributed by atoms with Crippen molar-refractivity contribution in [3.8, 4) is 0 Å². The van der Waals surface area contributed by atoms with Gasteiger partial charge < -0.3 is 10.1 Å². The Morgan fingerprint density at radius 3 is 2.14 bits per heavy atom. The molecule has 0 saturated carbocycles. The third-order valence-corrected chi connectivity index (χ3v) is 3.89. The Morgan fingerprint density at radius 1 is 1.09 bits per heavy atom. The van der Waals surface area contributed by atoms with Gasteiger partial charge in [0.05, 0.1) is 12.9 Å². The quantitative estimate of drug-likeness (QED) is 0.881. The molecule has 0 radical (unpaired) electrons. The molecule has 3 rings (SSSR count). The highest BCUT2D eigenvalue weighted by Crippen LogP contribution is 2.37. The van der Waals surface area contributed by atoms with E-state index >= 15 is 0 Å². The van der Waals surface area contributed by atoms with Crippen LogP contribution in [0.5, 0.6) is 0 Å². The van der Waals surface area contributed by atoms with E-state index in [4.69, 9.17) is 4.74 Å². The van der Waals surface area contributed by atoms with Gasteiger partial charge in [-0.25, -0.2) is 4.79 Å². The number of nitrogens with zero attached hydrogens (tertiary/aromatic N) is 1. The highest BCUT2D eigenvalue weighted by atomic mass is 16.5. The van der Waals surface area contributed by atoms with E-state index in [1.54, 1.807) is 13.3 Å². The summed E-state index contributed by atoms with van der Waals surface area (Å²) >= 11 is 0. The number of hydrogen-bond donors (Lipinski definition) is 1. The normalized spacial score (nSPS) is 18.7. The van der Waals surface area contributed by atoms with Gasteiger partial charge in [-0.15, -0.1) is 0 Å². The number of aliphatic imine (C=N–C) groups is 1. The highest BCUT2D eigenvalue weighted by molar-refractivity contribution is 5.85. The van der Waals surface area contributed by atoms with Crippen LogP contribution >= 0.6 is 0 Å². The van der Waals surface area contributed by atoms with E-state index in [0.29, 0.717) is 6.61 Å². The van der Waals surface area contributed by atoms with Crippen LogP contribution in [-0.4, -0.2) is 25.0 Å². The predicted octanol–water partition coefficient (Wildman–Crippen LogP) is 2.49. The first kappa shape index (κ1) is 14.3. The Morgan fingerprint density at radius 2 is 1.64 bits per heavy atom. The van der Waals surface area contributed by atoms with Crippen molar-refractivity contribution >= 4 is 12.3 Å². The Bertz CT molecular complexity index is 629. The van der Waals surface area contributed by atoms with E-state index in [-0.39, 0.29) is 5.97 Å². The maximum absolute atomic E-state index is 12.4. The number of nitrogens with one attached hydrogen (secondary N) is 1. The summed E-state index contributed by atoms with van der Waals surface area (Å²) in [6.45, 7) is 2.14. The predicted molar refractivity (Wildman–Crippen MR) is 85.7 cm³/mol. The number of carbonyl (C=O) groups is 1. The summed E-state index contributed by atoms with van der Waals surface area (Å²) in [5.74, 6) is -0.323.